The maximum atomic E-state index is 10.8. The zero-order chi connectivity index (χ0) is 11.8. The maximum Gasteiger partial charge on any atom is 0.335 e. The van der Waals surface area contributed by atoms with Gasteiger partial charge in [0.05, 0.1) is 16.9 Å². The van der Waals surface area contributed by atoms with E-state index in [2.05, 4.69) is 12.2 Å². The van der Waals surface area contributed by atoms with Crippen molar-refractivity contribution in [2.24, 2.45) is 0 Å². The van der Waals surface area contributed by atoms with Crippen LogP contribution in [0.2, 0.25) is 0 Å². The Balaban J connectivity index is 2.25. The van der Waals surface area contributed by atoms with Crippen molar-refractivity contribution in [3.05, 3.63) is 23.8 Å². The highest BCUT2D eigenvalue weighted by Crippen LogP contribution is 2.36. The number of rotatable bonds is 3. The number of hydrogen-bond acceptors (Lipinski definition) is 3. The Labute approximate surface area is 94.5 Å². The predicted molar refractivity (Wildman–Crippen MR) is 63.7 cm³/mol. The number of carboxylic acids is 1. The Hall–Kier alpha value is -1.71. The van der Waals surface area contributed by atoms with Gasteiger partial charge in [-0.05, 0) is 44.4 Å². The summed E-state index contributed by atoms with van der Waals surface area (Å²) < 4.78 is 0. The average Bonchev–Trinajstić information content (AvgIpc) is 2.18. The van der Waals surface area contributed by atoms with E-state index < -0.39 is 5.97 Å². The van der Waals surface area contributed by atoms with Crippen molar-refractivity contribution in [1.29, 1.82) is 0 Å². The lowest BCUT2D eigenvalue weighted by atomic mass is 9.78. The molecule has 0 radical (unpaired) electrons. The van der Waals surface area contributed by atoms with Crippen molar-refractivity contribution in [1.82, 2.24) is 0 Å². The fraction of sp³-hybridized carbons (Fsp3) is 0.417. The van der Waals surface area contributed by atoms with Crippen molar-refractivity contribution in [3.63, 3.8) is 0 Å². The number of benzene rings is 1. The Kier molecular flexibility index (Phi) is 2.50. The Bertz CT molecular complexity index is 425. The van der Waals surface area contributed by atoms with E-state index in [0.717, 1.165) is 18.5 Å². The molecule has 0 spiro atoms. The first kappa shape index (κ1) is 10.8. The van der Waals surface area contributed by atoms with Gasteiger partial charge >= 0.3 is 5.97 Å². The van der Waals surface area contributed by atoms with E-state index in [0.29, 0.717) is 5.69 Å². The van der Waals surface area contributed by atoms with Crippen LogP contribution in [-0.4, -0.2) is 16.6 Å². The minimum atomic E-state index is -0.929. The molecule has 0 bridgehead atoms. The van der Waals surface area contributed by atoms with Gasteiger partial charge in [-0.25, -0.2) is 4.79 Å². The van der Waals surface area contributed by atoms with Crippen LogP contribution in [0.4, 0.5) is 11.4 Å². The number of anilines is 2. The largest absolute Gasteiger partial charge is 0.478 e. The summed E-state index contributed by atoms with van der Waals surface area (Å²) in [7, 11) is 0. The third kappa shape index (κ3) is 1.96. The van der Waals surface area contributed by atoms with Gasteiger partial charge in [-0.15, -0.1) is 0 Å². The third-order valence-electron chi connectivity index (χ3n) is 3.19. The molecule has 0 aromatic heterocycles. The first-order chi connectivity index (χ1) is 7.50. The van der Waals surface area contributed by atoms with Gasteiger partial charge in [0.1, 0.15) is 0 Å². The molecule has 0 heterocycles. The molecule has 4 heteroatoms. The van der Waals surface area contributed by atoms with Gasteiger partial charge in [-0.2, -0.15) is 0 Å². The van der Waals surface area contributed by atoms with Crippen LogP contribution in [0.25, 0.3) is 0 Å². The summed E-state index contributed by atoms with van der Waals surface area (Å²) in [5.41, 5.74) is 7.48. The van der Waals surface area contributed by atoms with E-state index >= 15 is 0 Å². The highest BCUT2D eigenvalue weighted by atomic mass is 16.4. The van der Waals surface area contributed by atoms with Gasteiger partial charge in [0.2, 0.25) is 0 Å². The van der Waals surface area contributed by atoms with E-state index in [1.807, 2.05) is 0 Å². The second kappa shape index (κ2) is 3.70. The fourth-order valence-corrected chi connectivity index (χ4v) is 1.95. The van der Waals surface area contributed by atoms with Crippen LogP contribution in [-0.2, 0) is 0 Å². The number of nitrogens with one attached hydrogen (secondary N) is 1. The predicted octanol–water partition coefficient (Wildman–Crippen LogP) is 2.32. The highest BCUT2D eigenvalue weighted by molar-refractivity contribution is 5.90. The molecule has 1 saturated carbocycles. The van der Waals surface area contributed by atoms with Crippen molar-refractivity contribution < 1.29 is 9.90 Å². The van der Waals surface area contributed by atoms with Crippen molar-refractivity contribution in [2.45, 2.75) is 31.7 Å². The monoisotopic (exact) mass is 220 g/mol. The second-order valence-corrected chi connectivity index (χ2v) is 4.65. The summed E-state index contributed by atoms with van der Waals surface area (Å²) in [6.45, 7) is 2.13. The summed E-state index contributed by atoms with van der Waals surface area (Å²) in [5.74, 6) is -0.929. The van der Waals surface area contributed by atoms with Gasteiger partial charge < -0.3 is 16.2 Å². The van der Waals surface area contributed by atoms with Crippen molar-refractivity contribution >= 4 is 17.3 Å². The molecule has 4 N–H and O–H groups in total. The molecule has 0 unspecified atom stereocenters. The summed E-state index contributed by atoms with van der Waals surface area (Å²) in [6.07, 6.45) is 3.41. The number of carboxylic acid groups (broad SMARTS) is 1. The lowest BCUT2D eigenvalue weighted by molar-refractivity contribution is 0.0697. The number of hydrogen-bond donors (Lipinski definition) is 3. The Morgan fingerprint density at radius 3 is 2.69 bits per heavy atom. The average molecular weight is 220 g/mol. The van der Waals surface area contributed by atoms with E-state index in [-0.39, 0.29) is 11.1 Å². The Morgan fingerprint density at radius 1 is 1.50 bits per heavy atom. The topological polar surface area (TPSA) is 75.3 Å². The zero-order valence-corrected chi connectivity index (χ0v) is 9.29. The molecule has 2 rings (SSSR count). The first-order valence-corrected chi connectivity index (χ1v) is 5.41. The van der Waals surface area contributed by atoms with E-state index in [9.17, 15) is 4.79 Å². The molecule has 4 nitrogen and oxygen atoms in total. The third-order valence-corrected chi connectivity index (χ3v) is 3.19. The quantitative estimate of drug-likeness (QED) is 0.683. The van der Waals surface area contributed by atoms with Crippen LogP contribution in [0, 0.1) is 0 Å². The van der Waals surface area contributed by atoms with Gasteiger partial charge in [-0.1, -0.05) is 0 Å². The lowest BCUT2D eigenvalue weighted by Crippen LogP contribution is -2.41. The molecule has 0 aliphatic heterocycles. The minimum absolute atomic E-state index is 0.0746. The van der Waals surface area contributed by atoms with Crippen LogP contribution in [0.3, 0.4) is 0 Å². The molecule has 16 heavy (non-hydrogen) atoms. The number of aromatic carboxylic acids is 1. The van der Waals surface area contributed by atoms with Gasteiger partial charge in [0, 0.05) is 5.54 Å². The fourth-order valence-electron chi connectivity index (χ4n) is 1.95. The molecule has 1 aromatic rings. The van der Waals surface area contributed by atoms with Gasteiger partial charge in [0.15, 0.2) is 0 Å². The molecule has 1 aliphatic carbocycles. The molecular weight excluding hydrogens is 204 g/mol. The molecule has 0 atom stereocenters. The number of nitrogens with two attached hydrogens (primary N) is 1. The molecular formula is C12H16N2O2. The van der Waals surface area contributed by atoms with E-state index in [1.165, 1.54) is 12.5 Å². The summed E-state index contributed by atoms with van der Waals surface area (Å²) in [4.78, 5) is 10.8. The van der Waals surface area contributed by atoms with Crippen LogP contribution in [0.15, 0.2) is 18.2 Å². The lowest BCUT2D eigenvalue weighted by Gasteiger charge is -2.40. The maximum absolute atomic E-state index is 10.8. The Morgan fingerprint density at radius 2 is 2.19 bits per heavy atom. The molecule has 86 valence electrons. The van der Waals surface area contributed by atoms with E-state index in [4.69, 9.17) is 10.8 Å². The molecule has 1 aromatic carbocycles. The minimum Gasteiger partial charge on any atom is -0.478 e. The first-order valence-electron chi connectivity index (χ1n) is 5.41. The van der Waals surface area contributed by atoms with Crippen LogP contribution in [0.5, 0.6) is 0 Å². The smallest absolute Gasteiger partial charge is 0.335 e. The van der Waals surface area contributed by atoms with Gasteiger partial charge in [0.25, 0.3) is 0 Å². The molecule has 0 amide bonds. The number of nitrogen functional groups attached to an aromatic ring is 1. The molecule has 1 fully saturated rings. The van der Waals surface area contributed by atoms with E-state index in [1.54, 1.807) is 12.1 Å². The van der Waals surface area contributed by atoms with Crippen LogP contribution < -0.4 is 11.1 Å². The normalized spacial score (nSPS) is 17.6. The summed E-state index contributed by atoms with van der Waals surface area (Å²) in [6, 6.07) is 4.75. The zero-order valence-electron chi connectivity index (χ0n) is 9.29. The highest BCUT2D eigenvalue weighted by Gasteiger charge is 2.31. The summed E-state index contributed by atoms with van der Waals surface area (Å²) in [5, 5.41) is 12.2. The molecule has 0 saturated heterocycles. The standard InChI is InChI=1S/C12H16N2O2/c1-12(5-2-6-12)14-10-7-8(11(15)16)3-4-9(10)13/h3-4,7,14H,2,5-6,13H2,1H3,(H,15,16). The SMILES string of the molecule is CC1(Nc2cc(C(=O)O)ccc2N)CCC1. The van der Waals surface area contributed by atoms with Crippen molar-refractivity contribution in [2.75, 3.05) is 11.1 Å². The summed E-state index contributed by atoms with van der Waals surface area (Å²) >= 11 is 0. The molecule has 1 aliphatic rings. The number of carbonyl (C=O) groups is 1. The van der Waals surface area contributed by atoms with Crippen LogP contribution in [0.1, 0.15) is 36.5 Å². The van der Waals surface area contributed by atoms with Gasteiger partial charge in [-0.3, -0.25) is 0 Å². The second-order valence-electron chi connectivity index (χ2n) is 4.65. The van der Waals surface area contributed by atoms with Crippen molar-refractivity contribution in [3.8, 4) is 0 Å². The van der Waals surface area contributed by atoms with Crippen LogP contribution >= 0.6 is 0 Å².